The summed E-state index contributed by atoms with van der Waals surface area (Å²) in [5.74, 6) is 0.297. The summed E-state index contributed by atoms with van der Waals surface area (Å²) in [4.78, 5) is 22.6. The predicted molar refractivity (Wildman–Crippen MR) is 148 cm³/mol. The largest absolute Gasteiger partial charge is 0.326 e. The van der Waals surface area contributed by atoms with Gasteiger partial charge in [0.05, 0.1) is 11.7 Å². The molecule has 0 radical (unpaired) electrons. The van der Waals surface area contributed by atoms with Crippen LogP contribution in [0.1, 0.15) is 57.1 Å². The van der Waals surface area contributed by atoms with Crippen molar-refractivity contribution >= 4 is 22.8 Å². The van der Waals surface area contributed by atoms with Crippen LogP contribution in [0.25, 0.3) is 22.3 Å². The maximum absolute atomic E-state index is 15.0. The van der Waals surface area contributed by atoms with Crippen LogP contribution in [0, 0.1) is 18.6 Å². The number of halogens is 2. The lowest BCUT2D eigenvalue weighted by molar-refractivity contribution is 0.141. The van der Waals surface area contributed by atoms with Crippen molar-refractivity contribution in [3.63, 3.8) is 0 Å². The summed E-state index contributed by atoms with van der Waals surface area (Å²) >= 11 is 0. The molecule has 1 atom stereocenters. The number of pyridine rings is 1. The van der Waals surface area contributed by atoms with Gasteiger partial charge in [0.15, 0.2) is 11.6 Å². The number of hydrogen-bond acceptors (Lipinski definition) is 7. The molecule has 6 heterocycles. The van der Waals surface area contributed by atoms with Crippen molar-refractivity contribution in [3.05, 3.63) is 59.7 Å². The molecule has 3 aromatic heterocycles. The monoisotopic (exact) mass is 532 g/mol. The fourth-order valence-corrected chi connectivity index (χ4v) is 6.14. The van der Waals surface area contributed by atoms with E-state index in [1.165, 1.54) is 32.0 Å². The number of nitrogens with one attached hydrogen (secondary N) is 1. The van der Waals surface area contributed by atoms with Gasteiger partial charge in [0.2, 0.25) is 5.95 Å². The molecule has 204 valence electrons. The van der Waals surface area contributed by atoms with E-state index in [9.17, 15) is 4.39 Å². The maximum atomic E-state index is 15.0. The molecule has 3 aliphatic rings. The van der Waals surface area contributed by atoms with Gasteiger partial charge < -0.3 is 14.8 Å². The van der Waals surface area contributed by atoms with Gasteiger partial charge in [-0.25, -0.2) is 28.7 Å². The highest BCUT2D eigenvalue weighted by atomic mass is 19.1. The second-order valence-electron chi connectivity index (χ2n) is 10.9. The van der Waals surface area contributed by atoms with Crippen molar-refractivity contribution in [3.8, 4) is 11.3 Å². The first-order chi connectivity index (χ1) is 18.8. The van der Waals surface area contributed by atoms with Crippen LogP contribution in [0.5, 0.6) is 0 Å². The van der Waals surface area contributed by atoms with E-state index in [0.717, 1.165) is 24.8 Å². The number of anilines is 2. The molecule has 7 rings (SSSR count). The predicted octanol–water partition coefficient (Wildman–Crippen LogP) is 5.64. The number of imidazole rings is 1. The molecule has 39 heavy (non-hydrogen) atoms. The van der Waals surface area contributed by atoms with Crippen molar-refractivity contribution in [1.82, 2.24) is 34.3 Å². The zero-order valence-electron chi connectivity index (χ0n) is 22.8. The molecule has 0 saturated carbocycles. The van der Waals surface area contributed by atoms with Gasteiger partial charge in [-0.15, -0.1) is 0 Å². The normalized spacial score (nSPS) is 20.5. The summed E-state index contributed by atoms with van der Waals surface area (Å²) in [5.41, 5.74) is 2.36. The highest BCUT2D eigenvalue weighted by Gasteiger charge is 2.32. The molecule has 0 amide bonds. The maximum Gasteiger partial charge on any atom is 0.229 e. The summed E-state index contributed by atoms with van der Waals surface area (Å²) in [5, 5.41) is 3.08. The summed E-state index contributed by atoms with van der Waals surface area (Å²) in [6.07, 6.45) is 5.42. The van der Waals surface area contributed by atoms with Gasteiger partial charge in [-0.2, -0.15) is 0 Å². The number of rotatable bonds is 6. The van der Waals surface area contributed by atoms with Gasteiger partial charge >= 0.3 is 0 Å². The lowest BCUT2D eigenvalue weighted by Gasteiger charge is -2.35. The standard InChI is InChI=1S/C29H34F2N8/c1-17(2)39-19(4)34-28-23(30)13-21(14-25(28)39)27-24(31)16-33-29(36-27)35-26-6-5-20(15-32-26)18(3)38-12-11-37-9-7-22(38)8-10-37/h5-6,13-18,22H,7-12H2,1-4H3,(H,32,33,35,36). The average molecular weight is 533 g/mol. The Morgan fingerprint density at radius 2 is 1.72 bits per heavy atom. The zero-order valence-corrected chi connectivity index (χ0v) is 22.8. The molecule has 3 saturated heterocycles. The highest BCUT2D eigenvalue weighted by molar-refractivity contribution is 5.83. The fraction of sp³-hybridized carbons (Fsp3) is 0.448. The summed E-state index contributed by atoms with van der Waals surface area (Å²) < 4.78 is 31.8. The van der Waals surface area contributed by atoms with E-state index in [-0.39, 0.29) is 29.2 Å². The van der Waals surface area contributed by atoms with E-state index >= 15 is 4.39 Å². The Kier molecular flexibility index (Phi) is 6.76. The van der Waals surface area contributed by atoms with Gasteiger partial charge in [-0.3, -0.25) is 4.90 Å². The van der Waals surface area contributed by atoms with Crippen molar-refractivity contribution in [2.24, 2.45) is 0 Å². The molecule has 3 aliphatic heterocycles. The fourth-order valence-electron chi connectivity index (χ4n) is 6.14. The topological polar surface area (TPSA) is 75.0 Å². The van der Waals surface area contributed by atoms with E-state index in [2.05, 4.69) is 48.0 Å². The molecule has 8 nitrogen and oxygen atoms in total. The third kappa shape index (κ3) is 4.87. The molecule has 1 unspecified atom stereocenters. The van der Waals surface area contributed by atoms with Gasteiger partial charge in [0.25, 0.3) is 0 Å². The summed E-state index contributed by atoms with van der Waals surface area (Å²) in [7, 11) is 0. The van der Waals surface area contributed by atoms with Crippen LogP contribution in [-0.4, -0.2) is 66.5 Å². The molecular weight excluding hydrogens is 498 g/mol. The van der Waals surface area contributed by atoms with Crippen LogP contribution in [0.4, 0.5) is 20.5 Å². The Balaban J connectivity index is 1.24. The second-order valence-corrected chi connectivity index (χ2v) is 10.9. The number of hydrogen-bond donors (Lipinski definition) is 1. The summed E-state index contributed by atoms with van der Waals surface area (Å²) in [6.45, 7) is 12.7. The molecule has 1 aromatic carbocycles. The van der Waals surface area contributed by atoms with Crippen LogP contribution < -0.4 is 5.32 Å². The van der Waals surface area contributed by atoms with Gasteiger partial charge in [-0.1, -0.05) is 6.07 Å². The quantitative estimate of drug-likeness (QED) is 0.344. The van der Waals surface area contributed by atoms with Crippen LogP contribution in [0.15, 0.2) is 36.7 Å². The van der Waals surface area contributed by atoms with Gasteiger partial charge in [0, 0.05) is 43.0 Å². The Labute approximate surface area is 227 Å². The smallest absolute Gasteiger partial charge is 0.229 e. The Morgan fingerprint density at radius 3 is 2.44 bits per heavy atom. The molecule has 0 spiro atoms. The zero-order chi connectivity index (χ0) is 27.3. The Hall–Kier alpha value is -3.50. The highest BCUT2D eigenvalue weighted by Crippen LogP contribution is 2.32. The molecule has 0 aliphatic carbocycles. The Morgan fingerprint density at radius 1 is 0.923 bits per heavy atom. The summed E-state index contributed by atoms with van der Waals surface area (Å²) in [6, 6.07) is 7.93. The molecule has 4 aromatic rings. The van der Waals surface area contributed by atoms with Crippen molar-refractivity contribution in [2.75, 3.05) is 31.5 Å². The minimum Gasteiger partial charge on any atom is -0.326 e. The van der Waals surface area contributed by atoms with Crippen LogP contribution in [0.2, 0.25) is 0 Å². The molecular formula is C29H34F2N8. The molecule has 10 heteroatoms. The lowest BCUT2D eigenvalue weighted by atomic mass is 10.0. The SMILES string of the molecule is Cc1nc2c(F)cc(-c3nc(Nc4ccc(C(C)N5CCN6CCC5CC6)cn4)ncc3F)cc2n1C(C)C. The van der Waals surface area contributed by atoms with E-state index in [1.807, 2.05) is 37.6 Å². The van der Waals surface area contributed by atoms with E-state index in [0.29, 0.717) is 28.8 Å². The first-order valence-electron chi connectivity index (χ1n) is 13.7. The van der Waals surface area contributed by atoms with Crippen LogP contribution in [0.3, 0.4) is 0 Å². The number of benzene rings is 1. The van der Waals surface area contributed by atoms with E-state index < -0.39 is 11.6 Å². The number of aromatic nitrogens is 5. The first-order valence-corrected chi connectivity index (χ1v) is 13.7. The molecule has 3 fully saturated rings. The Bertz CT molecular complexity index is 1490. The lowest BCUT2D eigenvalue weighted by Crippen LogP contribution is -2.39. The number of piperidine rings is 1. The molecule has 2 bridgehead atoms. The van der Waals surface area contributed by atoms with Gasteiger partial charge in [0.1, 0.15) is 22.9 Å². The minimum atomic E-state index is -0.633. The van der Waals surface area contributed by atoms with E-state index in [1.54, 1.807) is 6.07 Å². The average Bonchev–Trinajstić information content (AvgIpc) is 3.04. The van der Waals surface area contributed by atoms with Crippen molar-refractivity contribution < 1.29 is 8.78 Å². The van der Waals surface area contributed by atoms with Crippen molar-refractivity contribution in [1.29, 1.82) is 0 Å². The van der Waals surface area contributed by atoms with Crippen LogP contribution in [-0.2, 0) is 0 Å². The minimum absolute atomic E-state index is 0.0134. The number of aryl methyl sites for hydroxylation is 1. The third-order valence-corrected chi connectivity index (χ3v) is 8.17. The second kappa shape index (κ2) is 10.2. The third-order valence-electron chi connectivity index (χ3n) is 8.17. The van der Waals surface area contributed by atoms with Crippen LogP contribution >= 0.6 is 0 Å². The van der Waals surface area contributed by atoms with Crippen molar-refractivity contribution in [2.45, 2.75) is 58.7 Å². The molecule has 1 N–H and O–H groups in total. The number of fused-ring (bicyclic) bond motifs is 5. The number of nitrogens with zero attached hydrogens (tertiary/aromatic N) is 7. The van der Waals surface area contributed by atoms with E-state index in [4.69, 9.17) is 0 Å². The van der Waals surface area contributed by atoms with Gasteiger partial charge in [-0.05, 0) is 77.4 Å². The first kappa shape index (κ1) is 25.8.